The number of rotatable bonds is 4. The molecule has 0 radical (unpaired) electrons. The molecule has 1 aliphatic heterocycles. The summed E-state index contributed by atoms with van der Waals surface area (Å²) in [6, 6.07) is 14.3. The lowest BCUT2D eigenvalue weighted by atomic mass is 10.1. The highest BCUT2D eigenvalue weighted by atomic mass is 32.1. The van der Waals surface area contributed by atoms with Gasteiger partial charge in [-0.3, -0.25) is 4.90 Å². The van der Waals surface area contributed by atoms with E-state index in [4.69, 9.17) is 15.8 Å². The summed E-state index contributed by atoms with van der Waals surface area (Å²) in [4.78, 5) is 15.8. The molecule has 3 aromatic heterocycles. The SMILES string of the molecule is C=C1c2c(C)csc2N=C(Cn2nc(-c3ccc(F)cc3)c3c(N)ncnc32)N1c1ccccc1C. The zero-order valence-electron chi connectivity index (χ0n) is 19.7. The summed E-state index contributed by atoms with van der Waals surface area (Å²) < 4.78 is 15.4. The second-order valence-electron chi connectivity index (χ2n) is 8.67. The molecule has 0 saturated carbocycles. The highest BCUT2D eigenvalue weighted by Gasteiger charge is 2.30. The third-order valence-electron chi connectivity index (χ3n) is 6.33. The summed E-state index contributed by atoms with van der Waals surface area (Å²) in [5.74, 6) is 0.751. The van der Waals surface area contributed by atoms with Crippen LogP contribution in [0.25, 0.3) is 28.0 Å². The number of nitrogens with zero attached hydrogens (tertiary/aromatic N) is 6. The number of aryl methyl sites for hydroxylation is 2. The molecule has 0 saturated heterocycles. The normalized spacial score (nSPS) is 13.2. The lowest BCUT2D eigenvalue weighted by Gasteiger charge is -2.32. The van der Waals surface area contributed by atoms with Crippen LogP contribution in [0.4, 0.5) is 20.9 Å². The number of nitrogen functional groups attached to an aromatic ring is 1. The molecule has 9 heteroatoms. The lowest BCUT2D eigenvalue weighted by Crippen LogP contribution is -2.35. The second kappa shape index (κ2) is 8.39. The summed E-state index contributed by atoms with van der Waals surface area (Å²) in [5.41, 5.74) is 13.3. The Balaban J connectivity index is 1.53. The number of thiophene rings is 1. The van der Waals surface area contributed by atoms with E-state index < -0.39 is 0 Å². The molecule has 6 rings (SSSR count). The molecule has 0 amide bonds. The van der Waals surface area contributed by atoms with Gasteiger partial charge in [-0.25, -0.2) is 24.0 Å². The summed E-state index contributed by atoms with van der Waals surface area (Å²) in [6.45, 7) is 8.92. The second-order valence-corrected chi connectivity index (χ2v) is 9.52. The van der Waals surface area contributed by atoms with E-state index in [1.165, 1.54) is 18.5 Å². The van der Waals surface area contributed by atoms with E-state index >= 15 is 0 Å². The molecule has 2 aromatic carbocycles. The zero-order valence-corrected chi connectivity index (χ0v) is 20.6. The average Bonchev–Trinajstić information content (AvgIpc) is 3.42. The van der Waals surface area contributed by atoms with Crippen molar-refractivity contribution in [2.24, 2.45) is 4.99 Å². The van der Waals surface area contributed by atoms with Crippen molar-refractivity contribution in [3.8, 4) is 11.3 Å². The van der Waals surface area contributed by atoms with Crippen molar-refractivity contribution < 1.29 is 4.39 Å². The minimum atomic E-state index is -0.322. The number of anilines is 2. The first-order valence-corrected chi connectivity index (χ1v) is 12.2. The molecule has 1 aliphatic rings. The van der Waals surface area contributed by atoms with Gasteiger partial charge in [0.15, 0.2) is 5.65 Å². The minimum Gasteiger partial charge on any atom is -0.383 e. The monoisotopic (exact) mass is 495 g/mol. The van der Waals surface area contributed by atoms with E-state index in [-0.39, 0.29) is 5.82 Å². The number of hydrogen-bond donors (Lipinski definition) is 1. The van der Waals surface area contributed by atoms with Crippen LogP contribution in [0, 0.1) is 19.7 Å². The fraction of sp³-hybridized carbons (Fsp3) is 0.111. The molecule has 178 valence electrons. The molecule has 0 bridgehead atoms. The van der Waals surface area contributed by atoms with Crippen LogP contribution < -0.4 is 10.6 Å². The van der Waals surface area contributed by atoms with E-state index in [0.717, 1.165) is 44.5 Å². The topological polar surface area (TPSA) is 85.2 Å². The quantitative estimate of drug-likeness (QED) is 0.325. The maximum Gasteiger partial charge on any atom is 0.164 e. The molecular formula is C27H22FN7S. The molecule has 36 heavy (non-hydrogen) atoms. The zero-order chi connectivity index (χ0) is 25.0. The highest BCUT2D eigenvalue weighted by molar-refractivity contribution is 7.14. The van der Waals surface area contributed by atoms with Gasteiger partial charge in [-0.05, 0) is 60.7 Å². The molecule has 4 heterocycles. The highest BCUT2D eigenvalue weighted by Crippen LogP contribution is 2.43. The van der Waals surface area contributed by atoms with Crippen molar-refractivity contribution in [1.29, 1.82) is 0 Å². The van der Waals surface area contributed by atoms with Gasteiger partial charge in [0.1, 0.15) is 41.0 Å². The Labute approximate surface area is 211 Å². The predicted molar refractivity (Wildman–Crippen MR) is 144 cm³/mol. The van der Waals surface area contributed by atoms with E-state index in [9.17, 15) is 4.39 Å². The average molecular weight is 496 g/mol. The van der Waals surface area contributed by atoms with E-state index in [0.29, 0.717) is 29.1 Å². The van der Waals surface area contributed by atoms with Crippen LogP contribution in [-0.4, -0.2) is 25.6 Å². The number of amidine groups is 1. The summed E-state index contributed by atoms with van der Waals surface area (Å²) in [6.07, 6.45) is 1.42. The van der Waals surface area contributed by atoms with Gasteiger partial charge in [0.05, 0.1) is 16.8 Å². The van der Waals surface area contributed by atoms with Gasteiger partial charge < -0.3 is 5.73 Å². The third kappa shape index (κ3) is 3.47. The van der Waals surface area contributed by atoms with Crippen molar-refractivity contribution in [3.63, 3.8) is 0 Å². The van der Waals surface area contributed by atoms with Crippen molar-refractivity contribution in [3.05, 3.63) is 89.3 Å². The van der Waals surface area contributed by atoms with Gasteiger partial charge in [-0.15, -0.1) is 11.3 Å². The van der Waals surface area contributed by atoms with E-state index in [1.807, 2.05) is 12.1 Å². The van der Waals surface area contributed by atoms with Crippen LogP contribution in [0.15, 0.2) is 71.8 Å². The first-order valence-electron chi connectivity index (χ1n) is 11.4. The molecule has 0 atom stereocenters. The summed E-state index contributed by atoms with van der Waals surface area (Å²) in [7, 11) is 0. The Hall–Kier alpha value is -4.37. The van der Waals surface area contributed by atoms with Crippen LogP contribution in [-0.2, 0) is 6.54 Å². The maximum absolute atomic E-state index is 13.6. The largest absolute Gasteiger partial charge is 0.383 e. The van der Waals surface area contributed by atoms with Gasteiger partial charge >= 0.3 is 0 Å². The molecule has 2 N–H and O–H groups in total. The third-order valence-corrected chi connectivity index (χ3v) is 7.32. The fourth-order valence-corrected chi connectivity index (χ4v) is 5.55. The molecule has 5 aromatic rings. The maximum atomic E-state index is 13.6. The Morgan fingerprint density at radius 1 is 1.03 bits per heavy atom. The number of aromatic nitrogens is 4. The standard InChI is InChI=1S/C27H22FN7S/c1-15-6-4-5-7-20(15)35-17(3)22-16(2)13-36-27(22)32-21(35)12-34-26-23(25(29)30-14-31-26)24(33-34)18-8-10-19(28)11-9-18/h4-11,13-14H,3,12H2,1-2H3,(H2,29,30,31). The van der Waals surface area contributed by atoms with Crippen molar-refractivity contribution >= 4 is 50.4 Å². The lowest BCUT2D eigenvalue weighted by molar-refractivity contribution is 0.628. The fourth-order valence-electron chi connectivity index (χ4n) is 4.59. The Morgan fingerprint density at radius 2 is 1.81 bits per heavy atom. The molecule has 0 spiro atoms. The number of aliphatic imine (C=N–C) groups is 1. The van der Waals surface area contributed by atoms with Crippen LogP contribution in [0.2, 0.25) is 0 Å². The van der Waals surface area contributed by atoms with Crippen LogP contribution in [0.1, 0.15) is 16.7 Å². The van der Waals surface area contributed by atoms with Gasteiger partial charge in [0.2, 0.25) is 0 Å². The smallest absolute Gasteiger partial charge is 0.164 e. The Morgan fingerprint density at radius 3 is 2.58 bits per heavy atom. The first-order chi connectivity index (χ1) is 17.4. The van der Waals surface area contributed by atoms with Crippen molar-refractivity contribution in [2.75, 3.05) is 10.6 Å². The minimum absolute atomic E-state index is 0.312. The number of nitrogens with two attached hydrogens (primary N) is 1. The summed E-state index contributed by atoms with van der Waals surface area (Å²) >= 11 is 1.60. The summed E-state index contributed by atoms with van der Waals surface area (Å²) in [5, 5.41) is 8.50. The van der Waals surface area contributed by atoms with Gasteiger partial charge in [0, 0.05) is 11.1 Å². The van der Waals surface area contributed by atoms with Gasteiger partial charge in [-0.1, -0.05) is 24.8 Å². The van der Waals surface area contributed by atoms with Crippen LogP contribution in [0.3, 0.4) is 0 Å². The molecule has 0 unspecified atom stereocenters. The van der Waals surface area contributed by atoms with Crippen LogP contribution in [0.5, 0.6) is 0 Å². The van der Waals surface area contributed by atoms with Crippen molar-refractivity contribution in [2.45, 2.75) is 20.4 Å². The number of fused-ring (bicyclic) bond motifs is 2. The predicted octanol–water partition coefficient (Wildman–Crippen LogP) is 6.11. The van der Waals surface area contributed by atoms with E-state index in [2.05, 4.69) is 52.8 Å². The van der Waals surface area contributed by atoms with Crippen molar-refractivity contribution in [1.82, 2.24) is 19.7 Å². The Kier molecular flexibility index (Phi) is 5.15. The van der Waals surface area contributed by atoms with Gasteiger partial charge in [-0.2, -0.15) is 5.10 Å². The number of hydrogen-bond acceptors (Lipinski definition) is 7. The Bertz CT molecular complexity index is 1680. The van der Waals surface area contributed by atoms with E-state index in [1.54, 1.807) is 28.2 Å². The van der Waals surface area contributed by atoms with Crippen LogP contribution >= 0.6 is 11.3 Å². The number of benzene rings is 2. The number of para-hydroxylation sites is 1. The molecule has 0 aliphatic carbocycles. The molecule has 0 fully saturated rings. The molecule has 7 nitrogen and oxygen atoms in total. The molecular weight excluding hydrogens is 473 g/mol. The first kappa shape index (κ1) is 22.1. The van der Waals surface area contributed by atoms with Gasteiger partial charge in [0.25, 0.3) is 0 Å². The number of halogens is 1.